The molecule has 4 rings (SSSR count). The lowest BCUT2D eigenvalue weighted by atomic mass is 10.1. The van der Waals surface area contributed by atoms with Gasteiger partial charge in [-0.3, -0.25) is 14.2 Å². The summed E-state index contributed by atoms with van der Waals surface area (Å²) in [6.45, 7) is 6.04. The summed E-state index contributed by atoms with van der Waals surface area (Å²) < 4.78 is 6.71. The summed E-state index contributed by atoms with van der Waals surface area (Å²) in [5.41, 5.74) is 1.82. The van der Waals surface area contributed by atoms with Crippen molar-refractivity contribution in [3.05, 3.63) is 63.8 Å². The minimum absolute atomic E-state index is 0.0425. The second-order valence-corrected chi connectivity index (χ2v) is 9.16. The fourth-order valence-corrected chi connectivity index (χ4v) is 5.27. The van der Waals surface area contributed by atoms with Crippen molar-refractivity contribution < 1.29 is 14.3 Å². The molecule has 0 bridgehead atoms. The number of hydrogen-bond acceptors (Lipinski definition) is 7. The molecular weight excluding hydrogens is 446 g/mol. The van der Waals surface area contributed by atoms with Crippen LogP contribution in [0.3, 0.4) is 0 Å². The van der Waals surface area contributed by atoms with Crippen LogP contribution in [0, 0.1) is 0 Å². The second kappa shape index (κ2) is 9.70. The van der Waals surface area contributed by atoms with E-state index in [0.717, 1.165) is 18.4 Å². The highest BCUT2D eigenvalue weighted by atomic mass is 32.2. The molecule has 3 aromatic rings. The predicted octanol–water partition coefficient (Wildman–Crippen LogP) is 4.43. The standard InChI is InChI=1S/C23H23N3O4S2/c1-3-11-26-21(28)15-7-5-6-8-17(15)24-23(26)32-13-18(27)25-20-19(22(29)30-4-2)16(12-31-20)14-9-10-14/h3,5-8,12,14H,1,4,9-11,13H2,2H3,(H,25,27). The van der Waals surface area contributed by atoms with Gasteiger partial charge in [0.05, 0.1) is 28.8 Å². The number of hydrogen-bond donors (Lipinski definition) is 1. The minimum Gasteiger partial charge on any atom is -0.462 e. The zero-order valence-electron chi connectivity index (χ0n) is 17.6. The van der Waals surface area contributed by atoms with Crippen LogP contribution in [0.25, 0.3) is 10.9 Å². The number of benzene rings is 1. The third-order valence-electron chi connectivity index (χ3n) is 5.04. The maximum Gasteiger partial charge on any atom is 0.341 e. The maximum absolute atomic E-state index is 12.8. The molecule has 1 amide bonds. The molecular formula is C23H23N3O4S2. The van der Waals surface area contributed by atoms with Gasteiger partial charge in [0.15, 0.2) is 5.16 Å². The van der Waals surface area contributed by atoms with E-state index >= 15 is 0 Å². The molecule has 0 atom stereocenters. The number of thioether (sulfide) groups is 1. The number of allylic oxidation sites excluding steroid dienone is 1. The number of thiophene rings is 1. The van der Waals surface area contributed by atoms with Crippen LogP contribution in [0.2, 0.25) is 0 Å². The zero-order valence-corrected chi connectivity index (χ0v) is 19.3. The number of fused-ring (bicyclic) bond motifs is 1. The fourth-order valence-electron chi connectivity index (χ4n) is 3.41. The van der Waals surface area contributed by atoms with Gasteiger partial charge < -0.3 is 10.1 Å². The van der Waals surface area contributed by atoms with Crippen molar-refractivity contribution in [3.63, 3.8) is 0 Å². The molecule has 1 aliphatic carbocycles. The molecule has 166 valence electrons. The van der Waals surface area contributed by atoms with E-state index < -0.39 is 5.97 Å². The number of rotatable bonds is 9. The first kappa shape index (κ1) is 22.3. The number of nitrogens with one attached hydrogen (secondary N) is 1. The smallest absolute Gasteiger partial charge is 0.341 e. The Bertz CT molecular complexity index is 1240. The zero-order chi connectivity index (χ0) is 22.7. The molecule has 1 fully saturated rings. The van der Waals surface area contributed by atoms with Crippen LogP contribution in [-0.2, 0) is 16.1 Å². The topological polar surface area (TPSA) is 90.3 Å². The number of ether oxygens (including phenoxy) is 1. The normalized spacial score (nSPS) is 13.2. The molecule has 0 spiro atoms. The highest BCUT2D eigenvalue weighted by molar-refractivity contribution is 7.99. The lowest BCUT2D eigenvalue weighted by molar-refractivity contribution is -0.113. The highest BCUT2D eigenvalue weighted by Gasteiger charge is 2.32. The third kappa shape index (κ3) is 4.63. The van der Waals surface area contributed by atoms with Gasteiger partial charge in [-0.2, -0.15) is 0 Å². The van der Waals surface area contributed by atoms with Gasteiger partial charge in [0.25, 0.3) is 5.56 Å². The summed E-state index contributed by atoms with van der Waals surface area (Å²) in [6, 6.07) is 7.12. The second-order valence-electron chi connectivity index (χ2n) is 7.34. The first-order valence-electron chi connectivity index (χ1n) is 10.3. The number of carbonyl (C=O) groups excluding carboxylic acids is 2. The first-order chi connectivity index (χ1) is 15.5. The molecule has 0 unspecified atom stereocenters. The number of carbonyl (C=O) groups is 2. The number of anilines is 1. The van der Waals surface area contributed by atoms with E-state index in [9.17, 15) is 14.4 Å². The molecule has 7 nitrogen and oxygen atoms in total. The molecule has 2 heterocycles. The van der Waals surface area contributed by atoms with Gasteiger partial charge in [0, 0.05) is 6.54 Å². The Labute approximate surface area is 193 Å². The van der Waals surface area contributed by atoms with Crippen molar-refractivity contribution in [1.29, 1.82) is 0 Å². The quantitative estimate of drug-likeness (QED) is 0.216. The SMILES string of the molecule is C=CCn1c(SCC(=O)Nc2scc(C3CC3)c2C(=O)OCC)nc2ccccc2c1=O. The van der Waals surface area contributed by atoms with Gasteiger partial charge in [-0.25, -0.2) is 9.78 Å². The van der Waals surface area contributed by atoms with Crippen LogP contribution < -0.4 is 10.9 Å². The van der Waals surface area contributed by atoms with E-state index in [4.69, 9.17) is 4.74 Å². The Morgan fingerprint density at radius 1 is 1.38 bits per heavy atom. The molecule has 1 N–H and O–H groups in total. The van der Waals surface area contributed by atoms with E-state index in [1.165, 1.54) is 27.7 Å². The van der Waals surface area contributed by atoms with Crippen LogP contribution in [0.4, 0.5) is 5.00 Å². The molecule has 0 aliphatic heterocycles. The van der Waals surface area contributed by atoms with Crippen LogP contribution in [0.5, 0.6) is 0 Å². The molecule has 9 heteroatoms. The van der Waals surface area contributed by atoms with E-state index in [2.05, 4.69) is 16.9 Å². The van der Waals surface area contributed by atoms with Crippen LogP contribution >= 0.6 is 23.1 Å². The van der Waals surface area contributed by atoms with Crippen molar-refractivity contribution in [2.24, 2.45) is 0 Å². The highest BCUT2D eigenvalue weighted by Crippen LogP contribution is 2.46. The lowest BCUT2D eigenvalue weighted by Gasteiger charge is -2.12. The van der Waals surface area contributed by atoms with Crippen LogP contribution in [0.15, 0.2) is 52.3 Å². The van der Waals surface area contributed by atoms with E-state index in [1.54, 1.807) is 31.2 Å². The van der Waals surface area contributed by atoms with Crippen molar-refractivity contribution in [3.8, 4) is 0 Å². The Morgan fingerprint density at radius 2 is 2.16 bits per heavy atom. The van der Waals surface area contributed by atoms with Crippen LogP contribution in [-0.4, -0.2) is 33.8 Å². The van der Waals surface area contributed by atoms with E-state index in [-0.39, 0.29) is 23.8 Å². The average Bonchev–Trinajstić information content (AvgIpc) is 3.55. The summed E-state index contributed by atoms with van der Waals surface area (Å²) >= 11 is 2.51. The Kier molecular flexibility index (Phi) is 6.76. The number of para-hydroxylation sites is 1. The Morgan fingerprint density at radius 3 is 2.88 bits per heavy atom. The summed E-state index contributed by atoms with van der Waals surface area (Å²) in [5, 5.41) is 6.25. The molecule has 0 saturated heterocycles. The van der Waals surface area contributed by atoms with E-state index in [0.29, 0.717) is 39.1 Å². The largest absolute Gasteiger partial charge is 0.462 e. The Balaban J connectivity index is 1.53. The molecule has 2 aromatic heterocycles. The van der Waals surface area contributed by atoms with Gasteiger partial charge in [-0.1, -0.05) is 30.0 Å². The van der Waals surface area contributed by atoms with Crippen molar-refractivity contribution >= 4 is 50.9 Å². The monoisotopic (exact) mass is 469 g/mol. The number of esters is 1. The summed E-state index contributed by atoms with van der Waals surface area (Å²) in [6.07, 6.45) is 3.71. The van der Waals surface area contributed by atoms with Crippen LogP contribution in [0.1, 0.15) is 41.6 Å². The fraction of sp³-hybridized carbons (Fsp3) is 0.304. The molecule has 1 aromatic carbocycles. The van der Waals surface area contributed by atoms with E-state index in [1.807, 2.05) is 11.4 Å². The molecule has 32 heavy (non-hydrogen) atoms. The minimum atomic E-state index is -0.408. The van der Waals surface area contributed by atoms with Gasteiger partial charge >= 0.3 is 5.97 Å². The lowest BCUT2D eigenvalue weighted by Crippen LogP contribution is -2.24. The summed E-state index contributed by atoms with van der Waals surface area (Å²) in [4.78, 5) is 42.6. The van der Waals surface area contributed by atoms with Gasteiger partial charge in [0.1, 0.15) is 5.00 Å². The van der Waals surface area contributed by atoms with Gasteiger partial charge in [-0.15, -0.1) is 17.9 Å². The maximum atomic E-state index is 12.8. The number of aromatic nitrogens is 2. The van der Waals surface area contributed by atoms with Crippen molar-refractivity contribution in [1.82, 2.24) is 9.55 Å². The summed E-state index contributed by atoms with van der Waals surface area (Å²) in [5.74, 6) is -0.284. The average molecular weight is 470 g/mol. The molecule has 0 radical (unpaired) electrons. The first-order valence-corrected chi connectivity index (χ1v) is 12.2. The van der Waals surface area contributed by atoms with Gasteiger partial charge in [0.2, 0.25) is 5.91 Å². The predicted molar refractivity (Wildman–Crippen MR) is 128 cm³/mol. The summed E-state index contributed by atoms with van der Waals surface area (Å²) in [7, 11) is 0. The number of amides is 1. The molecule has 1 saturated carbocycles. The van der Waals surface area contributed by atoms with Crippen molar-refractivity contribution in [2.75, 3.05) is 17.7 Å². The number of nitrogens with zero attached hydrogens (tertiary/aromatic N) is 2. The van der Waals surface area contributed by atoms with Gasteiger partial charge in [-0.05, 0) is 48.8 Å². The van der Waals surface area contributed by atoms with Crippen molar-refractivity contribution in [2.45, 2.75) is 37.4 Å². The third-order valence-corrected chi connectivity index (χ3v) is 6.93. The molecule has 1 aliphatic rings. The Hall–Kier alpha value is -2.91.